The maximum absolute atomic E-state index is 12.3. The molecule has 0 spiro atoms. The molecule has 3 aromatic rings. The molecule has 0 aliphatic heterocycles. The Morgan fingerprint density at radius 1 is 1.07 bits per heavy atom. The van der Waals surface area contributed by atoms with Gasteiger partial charge in [-0.1, -0.05) is 18.2 Å². The van der Waals surface area contributed by atoms with E-state index in [4.69, 9.17) is 9.47 Å². The lowest BCUT2D eigenvalue weighted by Crippen LogP contribution is -2.33. The second-order valence-electron chi connectivity index (χ2n) is 6.57. The molecule has 1 N–H and O–H groups in total. The topological polar surface area (TPSA) is 102 Å². The summed E-state index contributed by atoms with van der Waals surface area (Å²) in [4.78, 5) is 19.3. The lowest BCUT2D eigenvalue weighted by Gasteiger charge is -2.20. The minimum Gasteiger partial charge on any atom is -0.493 e. The third kappa shape index (κ3) is 4.93. The first-order valence-electron chi connectivity index (χ1n) is 8.96. The number of rotatable bonds is 8. The van der Waals surface area contributed by atoms with Crippen molar-refractivity contribution in [2.45, 2.75) is 13.0 Å². The van der Waals surface area contributed by atoms with E-state index in [0.717, 1.165) is 11.8 Å². The summed E-state index contributed by atoms with van der Waals surface area (Å²) in [6.45, 7) is 0.205. The number of aromatic nitrogens is 2. The lowest BCUT2D eigenvalue weighted by molar-refractivity contribution is 0.354. The summed E-state index contributed by atoms with van der Waals surface area (Å²) < 4.78 is 36.4. The van der Waals surface area contributed by atoms with Gasteiger partial charge in [0.1, 0.15) is 5.82 Å². The zero-order valence-electron chi connectivity index (χ0n) is 16.5. The zero-order valence-corrected chi connectivity index (χ0v) is 17.3. The first-order valence-corrected chi connectivity index (χ1v) is 10.8. The summed E-state index contributed by atoms with van der Waals surface area (Å²) in [5.74, 6) is 1.48. The van der Waals surface area contributed by atoms with E-state index in [1.165, 1.54) is 4.31 Å². The third-order valence-electron chi connectivity index (χ3n) is 4.55. The molecule has 1 heterocycles. The summed E-state index contributed by atoms with van der Waals surface area (Å²) in [7, 11) is -0.409. The van der Waals surface area contributed by atoms with Crippen molar-refractivity contribution >= 4 is 20.9 Å². The van der Waals surface area contributed by atoms with Crippen molar-refractivity contribution in [1.82, 2.24) is 14.3 Å². The number of aromatic amines is 1. The van der Waals surface area contributed by atoms with Crippen LogP contribution in [0.5, 0.6) is 11.5 Å². The van der Waals surface area contributed by atoms with Gasteiger partial charge in [0.2, 0.25) is 10.0 Å². The fourth-order valence-electron chi connectivity index (χ4n) is 3.03. The molecule has 0 amide bonds. The Hall–Kier alpha value is -2.91. The van der Waals surface area contributed by atoms with Gasteiger partial charge in [-0.3, -0.25) is 4.79 Å². The fraction of sp³-hybridized carbons (Fsp3) is 0.300. The molecule has 8 nitrogen and oxygen atoms in total. The minimum atomic E-state index is -3.51. The van der Waals surface area contributed by atoms with Gasteiger partial charge < -0.3 is 14.5 Å². The van der Waals surface area contributed by atoms with Crippen molar-refractivity contribution in [2.75, 3.05) is 27.0 Å². The number of ether oxygens (including phenoxy) is 2. The van der Waals surface area contributed by atoms with Gasteiger partial charge in [-0.25, -0.2) is 13.4 Å². The maximum Gasteiger partial charge on any atom is 0.258 e. The molecule has 0 atom stereocenters. The number of para-hydroxylation sites is 1. The molecule has 0 aliphatic carbocycles. The van der Waals surface area contributed by atoms with Gasteiger partial charge in [-0.2, -0.15) is 4.31 Å². The van der Waals surface area contributed by atoms with Crippen LogP contribution in [0, 0.1) is 0 Å². The fourth-order valence-corrected chi connectivity index (χ4v) is 3.81. The van der Waals surface area contributed by atoms with Gasteiger partial charge in [0.25, 0.3) is 5.56 Å². The Bertz CT molecular complexity index is 1170. The number of methoxy groups -OCH3 is 2. The number of hydrogen-bond donors (Lipinski definition) is 1. The van der Waals surface area contributed by atoms with E-state index < -0.39 is 10.0 Å². The zero-order chi connectivity index (χ0) is 21.0. The van der Waals surface area contributed by atoms with Gasteiger partial charge in [0.05, 0.1) is 37.9 Å². The predicted octanol–water partition coefficient (Wildman–Crippen LogP) is 1.94. The predicted molar refractivity (Wildman–Crippen MR) is 111 cm³/mol. The number of benzene rings is 2. The Morgan fingerprint density at radius 3 is 2.48 bits per heavy atom. The van der Waals surface area contributed by atoms with Crippen molar-refractivity contribution in [3.8, 4) is 11.5 Å². The molecule has 0 saturated carbocycles. The Morgan fingerprint density at radius 2 is 1.79 bits per heavy atom. The smallest absolute Gasteiger partial charge is 0.258 e. The van der Waals surface area contributed by atoms with E-state index >= 15 is 0 Å². The molecular weight excluding hydrogens is 394 g/mol. The van der Waals surface area contributed by atoms with E-state index in [1.54, 1.807) is 44.6 Å². The monoisotopic (exact) mass is 417 g/mol. The summed E-state index contributed by atoms with van der Waals surface area (Å²) >= 11 is 0. The Labute approximate surface area is 169 Å². The standard InChI is InChI=1S/C20H23N3O5S/c1-27-17-9-8-14(12-18(17)28-2)10-11-23(29(3,25)26)13-19-21-16-7-5-4-6-15(16)20(24)22-19/h4-9,12H,10-11,13H2,1-3H3,(H,21,22,24). The van der Waals surface area contributed by atoms with Crippen LogP contribution in [0.4, 0.5) is 0 Å². The van der Waals surface area contributed by atoms with Crippen LogP contribution in [0.25, 0.3) is 10.9 Å². The highest BCUT2D eigenvalue weighted by Gasteiger charge is 2.19. The molecule has 154 valence electrons. The van der Waals surface area contributed by atoms with Gasteiger partial charge in [0.15, 0.2) is 11.5 Å². The van der Waals surface area contributed by atoms with Crippen molar-refractivity contribution in [3.63, 3.8) is 0 Å². The highest BCUT2D eigenvalue weighted by Crippen LogP contribution is 2.27. The highest BCUT2D eigenvalue weighted by molar-refractivity contribution is 7.88. The lowest BCUT2D eigenvalue weighted by atomic mass is 10.1. The summed E-state index contributed by atoms with van der Waals surface area (Å²) in [5, 5.41) is 0.465. The molecule has 0 fully saturated rings. The SMILES string of the molecule is COc1ccc(CCN(Cc2nc3ccccc3c(=O)[nH]2)S(C)(=O)=O)cc1OC. The number of H-pyrrole nitrogens is 1. The van der Waals surface area contributed by atoms with Crippen LogP contribution in [0.3, 0.4) is 0 Å². The van der Waals surface area contributed by atoms with Crippen molar-refractivity contribution in [1.29, 1.82) is 0 Å². The highest BCUT2D eigenvalue weighted by atomic mass is 32.2. The Balaban J connectivity index is 1.82. The van der Waals surface area contributed by atoms with Crippen molar-refractivity contribution < 1.29 is 17.9 Å². The van der Waals surface area contributed by atoms with Crippen molar-refractivity contribution in [2.24, 2.45) is 0 Å². The number of fused-ring (bicyclic) bond motifs is 1. The van der Waals surface area contributed by atoms with Gasteiger partial charge in [-0.15, -0.1) is 0 Å². The summed E-state index contributed by atoms with van der Waals surface area (Å²) in [5.41, 5.74) is 1.13. The van der Waals surface area contributed by atoms with Crippen LogP contribution in [-0.2, 0) is 23.0 Å². The molecular formula is C20H23N3O5S. The van der Waals surface area contributed by atoms with Crippen LogP contribution in [0.15, 0.2) is 47.3 Å². The average molecular weight is 417 g/mol. The van der Waals surface area contributed by atoms with Crippen LogP contribution >= 0.6 is 0 Å². The molecule has 0 aliphatic rings. The Kier molecular flexibility index (Phi) is 6.19. The second kappa shape index (κ2) is 8.62. The molecule has 3 rings (SSSR count). The number of nitrogens with zero attached hydrogens (tertiary/aromatic N) is 2. The van der Waals surface area contributed by atoms with Crippen LogP contribution in [0.1, 0.15) is 11.4 Å². The first kappa shape index (κ1) is 20.8. The average Bonchev–Trinajstić information content (AvgIpc) is 2.70. The molecule has 2 aromatic carbocycles. The van der Waals surface area contributed by atoms with Crippen LogP contribution in [0.2, 0.25) is 0 Å². The quantitative estimate of drug-likeness (QED) is 0.601. The maximum atomic E-state index is 12.3. The number of nitrogens with one attached hydrogen (secondary N) is 1. The molecule has 0 saturated heterocycles. The summed E-state index contributed by atoms with van der Waals surface area (Å²) in [6.07, 6.45) is 1.60. The number of sulfonamides is 1. The van der Waals surface area contributed by atoms with Crippen LogP contribution in [-0.4, -0.2) is 49.7 Å². The molecule has 29 heavy (non-hydrogen) atoms. The summed E-state index contributed by atoms with van der Waals surface area (Å²) in [6, 6.07) is 12.4. The van der Waals surface area contributed by atoms with E-state index in [-0.39, 0.29) is 18.6 Å². The molecule has 0 bridgehead atoms. The molecule has 0 radical (unpaired) electrons. The van der Waals surface area contributed by atoms with E-state index in [0.29, 0.717) is 34.6 Å². The second-order valence-corrected chi connectivity index (χ2v) is 8.55. The number of hydrogen-bond acceptors (Lipinski definition) is 6. The molecule has 0 unspecified atom stereocenters. The van der Waals surface area contributed by atoms with E-state index in [1.807, 2.05) is 12.1 Å². The molecule has 1 aromatic heterocycles. The third-order valence-corrected chi connectivity index (χ3v) is 5.80. The van der Waals surface area contributed by atoms with E-state index in [2.05, 4.69) is 9.97 Å². The van der Waals surface area contributed by atoms with Gasteiger partial charge in [0, 0.05) is 6.54 Å². The van der Waals surface area contributed by atoms with Crippen molar-refractivity contribution in [3.05, 3.63) is 64.2 Å². The van der Waals surface area contributed by atoms with Gasteiger partial charge >= 0.3 is 0 Å². The molecule has 9 heteroatoms. The van der Waals surface area contributed by atoms with Gasteiger partial charge in [-0.05, 0) is 36.2 Å². The van der Waals surface area contributed by atoms with E-state index in [9.17, 15) is 13.2 Å². The largest absolute Gasteiger partial charge is 0.493 e. The first-order chi connectivity index (χ1) is 13.8. The minimum absolute atomic E-state index is 0.0216. The normalized spacial score (nSPS) is 11.7. The van der Waals surface area contributed by atoms with Crippen LogP contribution < -0.4 is 15.0 Å².